The van der Waals surface area contributed by atoms with Crippen LogP contribution >= 0.6 is 0 Å². The van der Waals surface area contributed by atoms with E-state index in [-0.39, 0.29) is 18.3 Å². The first-order valence-corrected chi connectivity index (χ1v) is 12.6. The lowest BCUT2D eigenvalue weighted by molar-refractivity contribution is -0.135. The summed E-state index contributed by atoms with van der Waals surface area (Å²) in [6, 6.07) is 24.5. The minimum atomic E-state index is -0.460. The van der Waals surface area contributed by atoms with E-state index < -0.39 is 5.69 Å². The van der Waals surface area contributed by atoms with Crippen LogP contribution in [0, 0.1) is 6.92 Å². The number of hydrogen-bond donors (Lipinski definition) is 2. The number of phenols is 1. The Labute approximate surface area is 221 Å². The number of nitrogens with zero attached hydrogens (tertiary/aromatic N) is 3. The van der Waals surface area contributed by atoms with Crippen molar-refractivity contribution in [3.63, 3.8) is 0 Å². The van der Waals surface area contributed by atoms with E-state index in [0.717, 1.165) is 30.8 Å². The average Bonchev–Trinajstić information content (AvgIpc) is 2.94. The lowest BCUT2D eigenvalue weighted by Crippen LogP contribution is -2.49. The summed E-state index contributed by atoms with van der Waals surface area (Å²) >= 11 is 0. The van der Waals surface area contributed by atoms with Gasteiger partial charge in [0.05, 0.1) is 11.4 Å². The summed E-state index contributed by atoms with van der Waals surface area (Å²) in [6.07, 6.45) is 0. The Morgan fingerprint density at radius 2 is 1.66 bits per heavy atom. The van der Waals surface area contributed by atoms with Crippen LogP contribution in [0.2, 0.25) is 0 Å². The van der Waals surface area contributed by atoms with E-state index >= 15 is 0 Å². The molecule has 5 rings (SSSR count). The Bertz CT molecular complexity index is 1460. The molecule has 8 heteroatoms. The van der Waals surface area contributed by atoms with E-state index in [0.29, 0.717) is 35.8 Å². The van der Waals surface area contributed by atoms with Crippen LogP contribution in [0.4, 0.5) is 0 Å². The number of ether oxygens (including phenoxy) is 1. The van der Waals surface area contributed by atoms with Crippen molar-refractivity contribution in [2.75, 3.05) is 32.8 Å². The first kappa shape index (κ1) is 25.2. The number of aromatic hydroxyl groups is 1. The molecule has 2 N–H and O–H groups in total. The zero-order valence-electron chi connectivity index (χ0n) is 21.3. The molecule has 2 heterocycles. The van der Waals surface area contributed by atoms with Gasteiger partial charge in [0.1, 0.15) is 11.5 Å². The Morgan fingerprint density at radius 1 is 0.947 bits per heavy atom. The van der Waals surface area contributed by atoms with E-state index in [4.69, 9.17) is 4.74 Å². The number of aromatic nitrogens is 2. The fourth-order valence-corrected chi connectivity index (χ4v) is 4.54. The normalized spacial score (nSPS) is 13.9. The minimum absolute atomic E-state index is 0.0194. The van der Waals surface area contributed by atoms with Crippen molar-refractivity contribution < 1.29 is 14.6 Å². The maximum Gasteiger partial charge on any atom is 0.345 e. The zero-order chi connectivity index (χ0) is 26.5. The quantitative estimate of drug-likeness (QED) is 0.392. The molecule has 0 radical (unpaired) electrons. The fraction of sp³-hybridized carbons (Fsp3) is 0.233. The highest BCUT2D eigenvalue weighted by atomic mass is 16.5. The highest BCUT2D eigenvalue weighted by molar-refractivity contribution is 5.78. The van der Waals surface area contributed by atoms with Gasteiger partial charge in [0.15, 0.2) is 6.61 Å². The van der Waals surface area contributed by atoms with E-state index in [1.165, 1.54) is 5.56 Å². The summed E-state index contributed by atoms with van der Waals surface area (Å²) in [6.45, 7) is 5.72. The number of benzene rings is 3. The predicted molar refractivity (Wildman–Crippen MR) is 146 cm³/mol. The van der Waals surface area contributed by atoms with Crippen molar-refractivity contribution >= 4 is 5.91 Å². The molecule has 8 nitrogen and oxygen atoms in total. The number of rotatable bonds is 7. The van der Waals surface area contributed by atoms with Crippen LogP contribution in [0.1, 0.15) is 11.1 Å². The van der Waals surface area contributed by atoms with Crippen LogP contribution in [0.15, 0.2) is 83.7 Å². The van der Waals surface area contributed by atoms with Gasteiger partial charge in [-0.1, -0.05) is 30.3 Å². The molecular formula is C30H30N4O4. The molecular weight excluding hydrogens is 480 g/mol. The number of aromatic amines is 1. The molecule has 1 amide bonds. The van der Waals surface area contributed by atoms with Crippen molar-refractivity contribution in [2.24, 2.45) is 0 Å². The molecule has 0 unspecified atom stereocenters. The SMILES string of the molecule is Cc1cc(-c2cc(-c3ccc(OCC(=O)N4CCN(Cc5ccccc5)CC4)cc3)[nH]c(=O)n2)ccc1O. The highest BCUT2D eigenvalue weighted by Crippen LogP contribution is 2.27. The van der Waals surface area contributed by atoms with E-state index in [2.05, 4.69) is 27.0 Å². The Kier molecular flexibility index (Phi) is 7.51. The summed E-state index contributed by atoms with van der Waals surface area (Å²) in [5, 5.41) is 9.79. The number of piperazine rings is 1. The number of aryl methyl sites for hydroxylation is 1. The van der Waals surface area contributed by atoms with Gasteiger partial charge in [-0.25, -0.2) is 4.79 Å². The lowest BCUT2D eigenvalue weighted by atomic mass is 10.1. The van der Waals surface area contributed by atoms with Gasteiger partial charge in [0.25, 0.3) is 5.91 Å². The zero-order valence-corrected chi connectivity index (χ0v) is 21.3. The molecule has 38 heavy (non-hydrogen) atoms. The number of H-pyrrole nitrogens is 1. The van der Waals surface area contributed by atoms with E-state index in [1.54, 1.807) is 43.3 Å². The molecule has 1 aromatic heterocycles. The molecule has 0 saturated carbocycles. The summed E-state index contributed by atoms with van der Waals surface area (Å²) in [5.74, 6) is 0.745. The fourth-order valence-electron chi connectivity index (χ4n) is 4.54. The summed E-state index contributed by atoms with van der Waals surface area (Å²) in [7, 11) is 0. The van der Waals surface area contributed by atoms with Crippen LogP contribution in [0.5, 0.6) is 11.5 Å². The van der Waals surface area contributed by atoms with Gasteiger partial charge in [-0.15, -0.1) is 0 Å². The van der Waals surface area contributed by atoms with Crippen LogP contribution in [0.3, 0.4) is 0 Å². The molecule has 0 aliphatic carbocycles. The molecule has 1 saturated heterocycles. The van der Waals surface area contributed by atoms with Crippen LogP contribution in [-0.4, -0.2) is 63.6 Å². The standard InChI is InChI=1S/C30H30N4O4/c1-21-17-24(9-12-28(21)35)27-18-26(31-30(37)32-27)23-7-10-25(11-8-23)38-20-29(36)34-15-13-33(14-16-34)19-22-5-3-2-4-6-22/h2-12,17-18,35H,13-16,19-20H2,1H3,(H,31,32,37). The number of carbonyl (C=O) groups excluding carboxylic acids is 1. The second kappa shape index (κ2) is 11.3. The predicted octanol–water partition coefficient (Wildman–Crippen LogP) is 3.84. The van der Waals surface area contributed by atoms with Gasteiger partial charge in [0.2, 0.25) is 0 Å². The summed E-state index contributed by atoms with van der Waals surface area (Å²) < 4.78 is 5.76. The largest absolute Gasteiger partial charge is 0.508 e. The van der Waals surface area contributed by atoms with Crippen molar-refractivity contribution in [1.82, 2.24) is 19.8 Å². The van der Waals surface area contributed by atoms with Crippen LogP contribution in [0.25, 0.3) is 22.5 Å². The number of phenolic OH excluding ortho intramolecular Hbond substituents is 1. The lowest BCUT2D eigenvalue weighted by Gasteiger charge is -2.34. The van der Waals surface area contributed by atoms with Crippen LogP contribution < -0.4 is 10.4 Å². The molecule has 0 bridgehead atoms. The maximum absolute atomic E-state index is 12.7. The monoisotopic (exact) mass is 510 g/mol. The number of amides is 1. The van der Waals surface area contributed by atoms with Crippen LogP contribution in [-0.2, 0) is 11.3 Å². The number of carbonyl (C=O) groups is 1. The first-order valence-electron chi connectivity index (χ1n) is 12.6. The van der Waals surface area contributed by atoms with Gasteiger partial charge in [-0.05, 0) is 72.1 Å². The Morgan fingerprint density at radius 3 is 2.37 bits per heavy atom. The third kappa shape index (κ3) is 6.10. The van der Waals surface area contributed by atoms with E-state index in [1.807, 2.05) is 35.2 Å². The van der Waals surface area contributed by atoms with Gasteiger partial charge >= 0.3 is 5.69 Å². The second-order valence-electron chi connectivity index (χ2n) is 9.44. The molecule has 0 atom stereocenters. The first-order chi connectivity index (χ1) is 18.4. The van der Waals surface area contributed by atoms with Gasteiger partial charge in [-0.3, -0.25) is 9.69 Å². The third-order valence-corrected chi connectivity index (χ3v) is 6.74. The molecule has 1 aliphatic rings. The number of hydrogen-bond acceptors (Lipinski definition) is 6. The molecule has 194 valence electrons. The van der Waals surface area contributed by atoms with Gasteiger partial charge in [0, 0.05) is 38.3 Å². The number of nitrogens with one attached hydrogen (secondary N) is 1. The minimum Gasteiger partial charge on any atom is -0.508 e. The maximum atomic E-state index is 12.7. The highest BCUT2D eigenvalue weighted by Gasteiger charge is 2.21. The summed E-state index contributed by atoms with van der Waals surface area (Å²) in [4.78, 5) is 36.0. The molecule has 0 spiro atoms. The second-order valence-corrected chi connectivity index (χ2v) is 9.44. The van der Waals surface area contributed by atoms with Crippen molar-refractivity contribution in [3.05, 3.63) is 100 Å². The van der Waals surface area contributed by atoms with Crippen molar-refractivity contribution in [1.29, 1.82) is 0 Å². The Hall–Kier alpha value is -4.43. The van der Waals surface area contributed by atoms with Gasteiger partial charge < -0.3 is 19.7 Å². The topological polar surface area (TPSA) is 98.8 Å². The van der Waals surface area contributed by atoms with E-state index in [9.17, 15) is 14.7 Å². The average molecular weight is 511 g/mol. The van der Waals surface area contributed by atoms with Crippen molar-refractivity contribution in [3.8, 4) is 34.0 Å². The summed E-state index contributed by atoms with van der Waals surface area (Å²) in [5.41, 5.74) is 4.18. The molecule has 4 aromatic rings. The van der Waals surface area contributed by atoms with Crippen molar-refractivity contribution in [2.45, 2.75) is 13.5 Å². The van der Waals surface area contributed by atoms with Gasteiger partial charge in [-0.2, -0.15) is 4.98 Å². The smallest absolute Gasteiger partial charge is 0.345 e. The molecule has 1 aliphatic heterocycles. The Balaban J connectivity index is 1.16. The molecule has 1 fully saturated rings. The third-order valence-electron chi connectivity index (χ3n) is 6.74. The molecule has 3 aromatic carbocycles.